The summed E-state index contributed by atoms with van der Waals surface area (Å²) in [5, 5.41) is 9.14. The maximum absolute atomic E-state index is 11.8. The number of aliphatic carboxylic acids is 1. The molecule has 0 aromatic carbocycles. The maximum Gasteiger partial charge on any atom is 0.330 e. The first-order chi connectivity index (χ1) is 8.91. The van der Waals surface area contributed by atoms with Crippen molar-refractivity contribution < 1.29 is 9.90 Å². The van der Waals surface area contributed by atoms with Gasteiger partial charge in [0.25, 0.3) is 0 Å². The van der Waals surface area contributed by atoms with Gasteiger partial charge in [-0.3, -0.25) is 13.9 Å². The van der Waals surface area contributed by atoms with E-state index < -0.39 is 5.97 Å². The first kappa shape index (κ1) is 13.8. The highest BCUT2D eigenvalue weighted by Gasteiger charge is 2.11. The van der Waals surface area contributed by atoms with Gasteiger partial charge in [0.05, 0.1) is 6.42 Å². The average Bonchev–Trinajstić information content (AvgIpc) is 2.77. The van der Waals surface area contributed by atoms with E-state index in [1.807, 2.05) is 0 Å². The number of rotatable bonds is 4. The molecule has 0 bridgehead atoms. The van der Waals surface area contributed by atoms with Crippen LogP contribution in [0.25, 0.3) is 11.2 Å². The Hall–Kier alpha value is -1.61. The van der Waals surface area contributed by atoms with Crippen LogP contribution in [0.1, 0.15) is 6.42 Å². The zero-order valence-corrected chi connectivity index (χ0v) is 12.0. The predicted octanol–water partition coefficient (Wildman–Crippen LogP) is 0.896. The lowest BCUT2D eigenvalue weighted by Gasteiger charge is -2.02. The Labute approximate surface area is 117 Å². The second kappa shape index (κ2) is 5.17. The Kier molecular flexibility index (Phi) is 3.76. The maximum atomic E-state index is 11.8. The molecule has 2 heterocycles. The van der Waals surface area contributed by atoms with Gasteiger partial charge in [-0.15, -0.1) is 0 Å². The van der Waals surface area contributed by atoms with E-state index in [1.165, 1.54) is 20.9 Å². The zero-order valence-electron chi connectivity index (χ0n) is 10.3. The van der Waals surface area contributed by atoms with Crippen molar-refractivity contribution in [2.24, 2.45) is 14.1 Å². The van der Waals surface area contributed by atoms with Gasteiger partial charge >= 0.3 is 11.7 Å². The number of hydrogen-bond donors (Lipinski definition) is 2. The van der Waals surface area contributed by atoms with Crippen LogP contribution >= 0.6 is 24.0 Å². The molecule has 0 radical (unpaired) electrons. The third-order valence-corrected chi connectivity index (χ3v) is 3.98. The number of hydrogen-bond acceptors (Lipinski definition) is 5. The van der Waals surface area contributed by atoms with Crippen LogP contribution in [0.15, 0.2) is 9.95 Å². The molecule has 2 rings (SSSR count). The number of aromatic amines is 1. The molecule has 0 aliphatic heterocycles. The van der Waals surface area contributed by atoms with E-state index in [2.05, 4.69) is 9.97 Å². The van der Waals surface area contributed by atoms with Gasteiger partial charge in [-0.2, -0.15) is 0 Å². The van der Waals surface area contributed by atoms with Crippen LogP contribution in [0.5, 0.6) is 0 Å². The summed E-state index contributed by atoms with van der Waals surface area (Å²) < 4.78 is 3.15. The molecule has 0 spiro atoms. The molecular formula is C10H12N4O3S2. The molecule has 0 amide bonds. The van der Waals surface area contributed by atoms with Crippen molar-refractivity contribution in [3.05, 3.63) is 15.1 Å². The lowest BCUT2D eigenvalue weighted by atomic mass is 10.5. The normalized spacial score (nSPS) is 11.1. The fourth-order valence-corrected chi connectivity index (χ4v) is 2.62. The topological polar surface area (TPSA) is 92.9 Å². The molecule has 0 saturated heterocycles. The summed E-state index contributed by atoms with van der Waals surface area (Å²) in [5.41, 5.74) is 0.842. The minimum absolute atomic E-state index is 0.0507. The van der Waals surface area contributed by atoms with Gasteiger partial charge in [0.1, 0.15) is 10.2 Å². The molecule has 0 fully saturated rings. The molecule has 9 heteroatoms. The van der Waals surface area contributed by atoms with E-state index in [0.717, 1.165) is 0 Å². The first-order valence-electron chi connectivity index (χ1n) is 5.42. The average molecular weight is 300 g/mol. The summed E-state index contributed by atoms with van der Waals surface area (Å²) in [6, 6.07) is 0. The number of carbonyl (C=O) groups is 1. The predicted molar refractivity (Wildman–Crippen MR) is 74.1 cm³/mol. The summed E-state index contributed by atoms with van der Waals surface area (Å²) in [6.07, 6.45) is 0.0507. The molecule has 0 unspecified atom stereocenters. The van der Waals surface area contributed by atoms with E-state index in [-0.39, 0.29) is 12.1 Å². The number of fused-ring (bicyclic) bond motifs is 1. The van der Waals surface area contributed by atoms with Crippen molar-refractivity contribution in [2.45, 2.75) is 11.6 Å². The molecule has 2 N–H and O–H groups in total. The van der Waals surface area contributed by atoms with Gasteiger partial charge in [0.15, 0.2) is 10.8 Å². The SMILES string of the molecule is Cn1c(=S)c2[nH]c(SCCC(=O)O)nc2n(C)c1=O. The highest BCUT2D eigenvalue weighted by Crippen LogP contribution is 2.19. The van der Waals surface area contributed by atoms with Crippen LogP contribution in [0, 0.1) is 4.64 Å². The Morgan fingerprint density at radius 3 is 2.79 bits per heavy atom. The number of carboxylic acid groups (broad SMARTS) is 1. The standard InChI is InChI=1S/C10H12N4O3S2/c1-13-7-6(8(18)14(2)10(13)17)11-9(12-7)19-4-3-5(15)16/h3-4H2,1-2H3,(H,11,12)(H,15,16). The van der Waals surface area contributed by atoms with Gasteiger partial charge in [0.2, 0.25) is 0 Å². The number of aromatic nitrogens is 4. The van der Waals surface area contributed by atoms with Crippen molar-refractivity contribution in [3.8, 4) is 0 Å². The van der Waals surface area contributed by atoms with Gasteiger partial charge in [-0.25, -0.2) is 9.78 Å². The van der Waals surface area contributed by atoms with E-state index in [1.54, 1.807) is 14.1 Å². The molecule has 2 aromatic rings. The number of nitrogens with one attached hydrogen (secondary N) is 1. The minimum atomic E-state index is -0.855. The molecule has 2 aromatic heterocycles. The number of nitrogens with zero attached hydrogens (tertiary/aromatic N) is 3. The van der Waals surface area contributed by atoms with Crippen LogP contribution in [0.4, 0.5) is 0 Å². The molecule has 0 aliphatic rings. The molecular weight excluding hydrogens is 288 g/mol. The van der Waals surface area contributed by atoms with Crippen molar-refractivity contribution in [3.63, 3.8) is 0 Å². The summed E-state index contributed by atoms with van der Waals surface area (Å²) in [5.74, 6) is -0.450. The fraction of sp³-hybridized carbons (Fsp3) is 0.400. The molecule has 7 nitrogen and oxygen atoms in total. The molecule has 0 aliphatic carbocycles. The highest BCUT2D eigenvalue weighted by molar-refractivity contribution is 7.99. The molecule has 0 atom stereocenters. The molecule has 0 saturated carbocycles. The third kappa shape index (κ3) is 2.56. The van der Waals surface area contributed by atoms with E-state index in [0.29, 0.717) is 26.7 Å². The van der Waals surface area contributed by atoms with E-state index >= 15 is 0 Å². The van der Waals surface area contributed by atoms with E-state index in [9.17, 15) is 9.59 Å². The monoisotopic (exact) mass is 300 g/mol. The van der Waals surface area contributed by atoms with Gasteiger partial charge < -0.3 is 10.1 Å². The quantitative estimate of drug-likeness (QED) is 0.643. The number of thioether (sulfide) groups is 1. The van der Waals surface area contributed by atoms with Gasteiger partial charge in [0, 0.05) is 19.8 Å². The number of carboxylic acids is 1. The Balaban J connectivity index is 2.44. The first-order valence-corrected chi connectivity index (χ1v) is 6.81. The van der Waals surface area contributed by atoms with Crippen molar-refractivity contribution >= 4 is 41.1 Å². The minimum Gasteiger partial charge on any atom is -0.481 e. The highest BCUT2D eigenvalue weighted by atomic mass is 32.2. The third-order valence-electron chi connectivity index (χ3n) is 2.63. The fourth-order valence-electron chi connectivity index (χ4n) is 1.61. The van der Waals surface area contributed by atoms with Crippen molar-refractivity contribution in [1.29, 1.82) is 0 Å². The second-order valence-electron chi connectivity index (χ2n) is 3.94. The van der Waals surface area contributed by atoms with Crippen LogP contribution in [-0.2, 0) is 18.9 Å². The lowest BCUT2D eigenvalue weighted by molar-refractivity contribution is -0.136. The summed E-state index contributed by atoms with van der Waals surface area (Å²) in [4.78, 5) is 29.6. The molecule has 102 valence electrons. The Bertz CT molecular complexity index is 758. The van der Waals surface area contributed by atoms with E-state index in [4.69, 9.17) is 17.3 Å². The van der Waals surface area contributed by atoms with Crippen LogP contribution in [0.2, 0.25) is 0 Å². The Morgan fingerprint density at radius 1 is 1.47 bits per heavy atom. The number of H-pyrrole nitrogens is 1. The Morgan fingerprint density at radius 2 is 2.16 bits per heavy atom. The summed E-state index contributed by atoms with van der Waals surface area (Å²) in [7, 11) is 3.22. The zero-order chi connectivity index (χ0) is 14.2. The largest absolute Gasteiger partial charge is 0.481 e. The number of aryl methyl sites for hydroxylation is 1. The molecule has 19 heavy (non-hydrogen) atoms. The summed E-state index contributed by atoms with van der Waals surface area (Å²) >= 11 is 6.47. The van der Waals surface area contributed by atoms with Crippen LogP contribution < -0.4 is 5.69 Å². The van der Waals surface area contributed by atoms with Crippen molar-refractivity contribution in [2.75, 3.05) is 5.75 Å². The van der Waals surface area contributed by atoms with Crippen LogP contribution in [0.3, 0.4) is 0 Å². The second-order valence-corrected chi connectivity index (χ2v) is 5.41. The smallest absolute Gasteiger partial charge is 0.330 e. The lowest BCUT2D eigenvalue weighted by Crippen LogP contribution is -2.27. The number of imidazole rings is 1. The van der Waals surface area contributed by atoms with Gasteiger partial charge in [-0.05, 0) is 0 Å². The van der Waals surface area contributed by atoms with Crippen molar-refractivity contribution in [1.82, 2.24) is 19.1 Å². The summed E-state index contributed by atoms with van der Waals surface area (Å²) in [6.45, 7) is 0. The van der Waals surface area contributed by atoms with Crippen LogP contribution in [-0.4, -0.2) is 35.9 Å². The van der Waals surface area contributed by atoms with Gasteiger partial charge in [-0.1, -0.05) is 24.0 Å².